The molecule has 0 spiro atoms. The summed E-state index contributed by atoms with van der Waals surface area (Å²) < 4.78 is 0. The number of amides is 1. The van der Waals surface area contributed by atoms with E-state index in [4.69, 9.17) is 5.84 Å². The van der Waals surface area contributed by atoms with Crippen LogP contribution >= 0.6 is 0 Å². The third kappa shape index (κ3) is 3.83. The number of carbonyl (C=O) groups is 1. The van der Waals surface area contributed by atoms with Crippen molar-refractivity contribution in [1.29, 1.82) is 0 Å². The van der Waals surface area contributed by atoms with Gasteiger partial charge in [-0.1, -0.05) is 48.5 Å². The molecule has 126 valence electrons. The summed E-state index contributed by atoms with van der Waals surface area (Å²) in [6.07, 6.45) is 3.15. The molecule has 1 saturated heterocycles. The zero-order valence-electron chi connectivity index (χ0n) is 14.1. The van der Waals surface area contributed by atoms with Gasteiger partial charge in [0.1, 0.15) is 0 Å². The first kappa shape index (κ1) is 16.7. The first-order valence-electron chi connectivity index (χ1n) is 8.57. The molecule has 0 aliphatic carbocycles. The Bertz CT molecular complexity index is 686. The lowest BCUT2D eigenvalue weighted by Crippen LogP contribution is -2.44. The van der Waals surface area contributed by atoms with Crippen LogP contribution in [0.5, 0.6) is 0 Å². The SMILES string of the molecule is CC(=O)Nc1ccccc1CC1CCCN(N)C1c1ccccc1. The van der Waals surface area contributed by atoms with Crippen molar-refractivity contribution in [2.75, 3.05) is 11.9 Å². The van der Waals surface area contributed by atoms with Crippen LogP contribution in [0, 0.1) is 5.92 Å². The van der Waals surface area contributed by atoms with Crippen molar-refractivity contribution in [2.45, 2.75) is 32.2 Å². The molecule has 3 rings (SSSR count). The van der Waals surface area contributed by atoms with Gasteiger partial charge in [0, 0.05) is 19.2 Å². The van der Waals surface area contributed by atoms with Crippen molar-refractivity contribution in [3.05, 3.63) is 65.7 Å². The second-order valence-electron chi connectivity index (χ2n) is 6.54. The maximum atomic E-state index is 11.5. The number of nitrogens with two attached hydrogens (primary N) is 1. The van der Waals surface area contributed by atoms with Crippen molar-refractivity contribution in [1.82, 2.24) is 5.01 Å². The predicted octanol–water partition coefficient (Wildman–Crippen LogP) is 3.51. The van der Waals surface area contributed by atoms with E-state index >= 15 is 0 Å². The molecule has 2 unspecified atom stereocenters. The van der Waals surface area contributed by atoms with Crippen molar-refractivity contribution in [3.63, 3.8) is 0 Å². The number of nitrogens with zero attached hydrogens (tertiary/aromatic N) is 1. The molecule has 4 nitrogen and oxygen atoms in total. The van der Waals surface area contributed by atoms with Gasteiger partial charge in [-0.15, -0.1) is 0 Å². The Balaban J connectivity index is 1.86. The predicted molar refractivity (Wildman–Crippen MR) is 97.3 cm³/mol. The minimum Gasteiger partial charge on any atom is -0.326 e. The average Bonchev–Trinajstić information content (AvgIpc) is 2.57. The third-order valence-corrected chi connectivity index (χ3v) is 4.75. The Kier molecular flexibility index (Phi) is 5.28. The molecule has 2 atom stereocenters. The minimum absolute atomic E-state index is 0.0360. The second kappa shape index (κ2) is 7.60. The summed E-state index contributed by atoms with van der Waals surface area (Å²) >= 11 is 0. The molecule has 1 amide bonds. The summed E-state index contributed by atoms with van der Waals surface area (Å²) in [5.41, 5.74) is 3.35. The van der Waals surface area contributed by atoms with Crippen molar-refractivity contribution < 1.29 is 4.79 Å². The van der Waals surface area contributed by atoms with E-state index in [1.165, 1.54) is 11.1 Å². The van der Waals surface area contributed by atoms with Gasteiger partial charge < -0.3 is 5.32 Å². The van der Waals surface area contributed by atoms with Crippen molar-refractivity contribution in [3.8, 4) is 0 Å². The Labute approximate surface area is 143 Å². The van der Waals surface area contributed by atoms with Gasteiger partial charge in [0.05, 0.1) is 6.04 Å². The molecule has 2 aromatic rings. The smallest absolute Gasteiger partial charge is 0.221 e. The lowest BCUT2D eigenvalue weighted by Gasteiger charge is -2.39. The number of hydrogen-bond donors (Lipinski definition) is 2. The molecule has 1 aliphatic heterocycles. The molecule has 0 radical (unpaired) electrons. The van der Waals surface area contributed by atoms with Gasteiger partial charge in [-0.05, 0) is 42.4 Å². The number of para-hydroxylation sites is 1. The van der Waals surface area contributed by atoms with Gasteiger partial charge in [-0.2, -0.15) is 0 Å². The summed E-state index contributed by atoms with van der Waals surface area (Å²) in [5, 5.41) is 4.92. The summed E-state index contributed by atoms with van der Waals surface area (Å²) in [6.45, 7) is 2.47. The van der Waals surface area contributed by atoms with Gasteiger partial charge in [0.25, 0.3) is 0 Å². The molecule has 3 N–H and O–H groups in total. The number of piperidine rings is 1. The van der Waals surface area contributed by atoms with E-state index in [1.54, 1.807) is 6.92 Å². The lowest BCUT2D eigenvalue weighted by molar-refractivity contribution is -0.114. The molecule has 0 bridgehead atoms. The van der Waals surface area contributed by atoms with E-state index in [-0.39, 0.29) is 11.9 Å². The quantitative estimate of drug-likeness (QED) is 0.847. The van der Waals surface area contributed by atoms with E-state index in [2.05, 4.69) is 35.6 Å². The zero-order chi connectivity index (χ0) is 16.9. The van der Waals surface area contributed by atoms with Gasteiger partial charge >= 0.3 is 0 Å². The van der Waals surface area contributed by atoms with Crippen LogP contribution in [-0.4, -0.2) is 17.5 Å². The van der Waals surface area contributed by atoms with Crippen LogP contribution in [0.1, 0.15) is 36.9 Å². The summed E-state index contributed by atoms with van der Waals surface area (Å²) in [7, 11) is 0. The highest BCUT2D eigenvalue weighted by molar-refractivity contribution is 5.89. The highest BCUT2D eigenvalue weighted by Gasteiger charge is 2.31. The number of benzene rings is 2. The van der Waals surface area contributed by atoms with Gasteiger partial charge in [0.2, 0.25) is 5.91 Å². The van der Waals surface area contributed by atoms with Crippen LogP contribution in [0.15, 0.2) is 54.6 Å². The highest BCUT2D eigenvalue weighted by atomic mass is 16.1. The molecule has 1 aliphatic rings. The van der Waals surface area contributed by atoms with E-state index < -0.39 is 0 Å². The first-order valence-corrected chi connectivity index (χ1v) is 8.57. The van der Waals surface area contributed by atoms with Crippen molar-refractivity contribution in [2.24, 2.45) is 11.8 Å². The van der Waals surface area contributed by atoms with Crippen LogP contribution in [0.2, 0.25) is 0 Å². The number of rotatable bonds is 4. The molecular weight excluding hydrogens is 298 g/mol. The number of hydrogen-bond acceptors (Lipinski definition) is 3. The van der Waals surface area contributed by atoms with Crippen LogP contribution in [-0.2, 0) is 11.2 Å². The van der Waals surface area contributed by atoms with E-state index in [0.29, 0.717) is 5.92 Å². The standard InChI is InChI=1S/C20H25N3O/c1-15(24)22-19-12-6-5-10-17(19)14-18-11-7-13-23(21)20(18)16-8-3-2-4-9-16/h2-6,8-10,12,18,20H,7,11,13-14,21H2,1H3,(H,22,24). The summed E-state index contributed by atoms with van der Waals surface area (Å²) in [4.78, 5) is 11.5. The fourth-order valence-electron chi connectivity index (χ4n) is 3.72. The zero-order valence-corrected chi connectivity index (χ0v) is 14.1. The van der Waals surface area contributed by atoms with Gasteiger partial charge in [-0.3, -0.25) is 10.6 Å². The number of nitrogens with one attached hydrogen (secondary N) is 1. The lowest BCUT2D eigenvalue weighted by atomic mass is 9.81. The van der Waals surface area contributed by atoms with Gasteiger partial charge in [0.15, 0.2) is 0 Å². The summed E-state index contributed by atoms with van der Waals surface area (Å²) in [5.74, 6) is 6.73. The van der Waals surface area contributed by atoms with Crippen LogP contribution in [0.4, 0.5) is 5.69 Å². The maximum absolute atomic E-state index is 11.5. The Morgan fingerprint density at radius 3 is 2.62 bits per heavy atom. The number of hydrazine groups is 1. The fraction of sp³-hybridized carbons (Fsp3) is 0.350. The fourth-order valence-corrected chi connectivity index (χ4v) is 3.72. The second-order valence-corrected chi connectivity index (χ2v) is 6.54. The largest absolute Gasteiger partial charge is 0.326 e. The van der Waals surface area contributed by atoms with E-state index in [0.717, 1.165) is 31.5 Å². The molecule has 4 heteroatoms. The molecule has 2 aromatic carbocycles. The Morgan fingerprint density at radius 2 is 1.88 bits per heavy atom. The van der Waals surface area contributed by atoms with E-state index in [9.17, 15) is 4.79 Å². The number of anilines is 1. The maximum Gasteiger partial charge on any atom is 0.221 e. The molecule has 1 heterocycles. The highest BCUT2D eigenvalue weighted by Crippen LogP contribution is 2.37. The van der Waals surface area contributed by atoms with Crippen molar-refractivity contribution >= 4 is 11.6 Å². The minimum atomic E-state index is -0.0360. The average molecular weight is 323 g/mol. The normalized spacial score (nSPS) is 21.4. The summed E-state index contributed by atoms with van der Waals surface area (Å²) in [6, 6.07) is 18.8. The first-order chi connectivity index (χ1) is 11.6. The monoisotopic (exact) mass is 323 g/mol. The van der Waals surface area contributed by atoms with Gasteiger partial charge in [-0.25, -0.2) is 5.01 Å². The third-order valence-electron chi connectivity index (χ3n) is 4.75. The van der Waals surface area contributed by atoms with E-state index in [1.807, 2.05) is 29.3 Å². The molecule has 24 heavy (non-hydrogen) atoms. The molecule has 1 fully saturated rings. The van der Waals surface area contributed by atoms with Crippen LogP contribution in [0.3, 0.4) is 0 Å². The molecular formula is C20H25N3O. The number of carbonyl (C=O) groups excluding carboxylic acids is 1. The molecule has 0 saturated carbocycles. The van der Waals surface area contributed by atoms with Crippen LogP contribution in [0.25, 0.3) is 0 Å². The van der Waals surface area contributed by atoms with Crippen LogP contribution < -0.4 is 11.2 Å². The molecule has 0 aromatic heterocycles. The Hall–Kier alpha value is -2.17. The Morgan fingerprint density at radius 1 is 1.17 bits per heavy atom. The topological polar surface area (TPSA) is 58.4 Å².